The van der Waals surface area contributed by atoms with Crippen LogP contribution in [0.3, 0.4) is 0 Å². The Kier molecular flexibility index (Phi) is 4.54. The number of halogens is 1. The van der Waals surface area contributed by atoms with Crippen LogP contribution in [0.4, 0.5) is 0 Å². The third-order valence-corrected chi connectivity index (χ3v) is 4.79. The molecule has 0 spiro atoms. The first kappa shape index (κ1) is 14.8. The smallest absolute Gasteiger partial charge is 0.0772 e. The van der Waals surface area contributed by atoms with Crippen LogP contribution in [0.5, 0.6) is 0 Å². The van der Waals surface area contributed by atoms with Crippen LogP contribution in [0.15, 0.2) is 24.3 Å². The third kappa shape index (κ3) is 3.50. The van der Waals surface area contributed by atoms with Gasteiger partial charge in [0.1, 0.15) is 0 Å². The van der Waals surface area contributed by atoms with Crippen molar-refractivity contribution < 1.29 is 4.74 Å². The average molecular weight is 282 g/mol. The molecular weight excluding hydrogens is 258 g/mol. The van der Waals surface area contributed by atoms with Gasteiger partial charge >= 0.3 is 0 Å². The lowest BCUT2D eigenvalue weighted by Gasteiger charge is -2.41. The highest BCUT2D eigenvalue weighted by Crippen LogP contribution is 2.37. The summed E-state index contributed by atoms with van der Waals surface area (Å²) in [6.45, 7) is 6.44. The van der Waals surface area contributed by atoms with Crippen molar-refractivity contribution in [2.45, 2.75) is 57.2 Å². The standard InChI is InChI=1S/C16H24ClNO/c1-11(16(2,3)19-4)18-15-9-13(10-15)12-5-7-14(17)8-6-12/h5-8,11,13,15,18H,9-10H2,1-4H3/t11-,13?,15?/m0/s1. The number of ether oxygens (including phenoxy) is 1. The molecule has 1 aliphatic carbocycles. The van der Waals surface area contributed by atoms with E-state index in [1.54, 1.807) is 7.11 Å². The topological polar surface area (TPSA) is 21.3 Å². The lowest BCUT2D eigenvalue weighted by Crippen LogP contribution is -2.53. The van der Waals surface area contributed by atoms with E-state index in [4.69, 9.17) is 16.3 Å². The van der Waals surface area contributed by atoms with Crippen LogP contribution in [0.1, 0.15) is 45.1 Å². The fourth-order valence-electron chi connectivity index (χ4n) is 2.49. The summed E-state index contributed by atoms with van der Waals surface area (Å²) in [5.41, 5.74) is 1.28. The number of benzene rings is 1. The number of hydrogen-bond donors (Lipinski definition) is 1. The SMILES string of the molecule is COC(C)(C)[C@H](C)NC1CC(c2ccc(Cl)cc2)C1. The van der Waals surface area contributed by atoms with Crippen molar-refractivity contribution in [3.05, 3.63) is 34.9 Å². The van der Waals surface area contributed by atoms with Crippen molar-refractivity contribution in [2.24, 2.45) is 0 Å². The van der Waals surface area contributed by atoms with E-state index in [1.807, 2.05) is 12.1 Å². The summed E-state index contributed by atoms with van der Waals surface area (Å²) in [5.74, 6) is 0.674. The number of methoxy groups -OCH3 is 1. The Bertz CT molecular complexity index is 409. The van der Waals surface area contributed by atoms with Gasteiger partial charge in [-0.05, 0) is 57.2 Å². The molecule has 2 rings (SSSR count). The van der Waals surface area contributed by atoms with Crippen molar-refractivity contribution in [3.8, 4) is 0 Å². The highest BCUT2D eigenvalue weighted by Gasteiger charge is 2.34. The largest absolute Gasteiger partial charge is 0.377 e. The molecule has 2 nitrogen and oxygen atoms in total. The molecule has 19 heavy (non-hydrogen) atoms. The molecule has 1 atom stereocenters. The molecule has 3 heteroatoms. The fraction of sp³-hybridized carbons (Fsp3) is 0.625. The summed E-state index contributed by atoms with van der Waals surface area (Å²) in [6, 6.07) is 9.21. The quantitative estimate of drug-likeness (QED) is 0.881. The van der Waals surface area contributed by atoms with Crippen LogP contribution in [-0.2, 0) is 4.74 Å². The van der Waals surface area contributed by atoms with Crippen molar-refractivity contribution in [1.82, 2.24) is 5.32 Å². The van der Waals surface area contributed by atoms with Gasteiger partial charge < -0.3 is 10.1 Å². The average Bonchev–Trinajstić information content (AvgIpc) is 2.34. The Labute approximate surface area is 121 Å². The first-order valence-corrected chi connectivity index (χ1v) is 7.37. The molecule has 1 N–H and O–H groups in total. The Morgan fingerprint density at radius 1 is 1.26 bits per heavy atom. The lowest BCUT2D eigenvalue weighted by molar-refractivity contribution is -0.0118. The molecular formula is C16H24ClNO. The van der Waals surface area contributed by atoms with Crippen molar-refractivity contribution in [2.75, 3.05) is 7.11 Å². The van der Waals surface area contributed by atoms with E-state index in [1.165, 1.54) is 18.4 Å². The minimum Gasteiger partial charge on any atom is -0.377 e. The van der Waals surface area contributed by atoms with Crippen molar-refractivity contribution in [1.29, 1.82) is 0 Å². The molecule has 1 saturated carbocycles. The van der Waals surface area contributed by atoms with Crippen LogP contribution >= 0.6 is 11.6 Å². The van der Waals surface area contributed by atoms with E-state index in [0.717, 1.165) is 5.02 Å². The first-order chi connectivity index (χ1) is 8.92. The van der Waals surface area contributed by atoms with Crippen LogP contribution < -0.4 is 5.32 Å². The summed E-state index contributed by atoms with van der Waals surface area (Å²) >= 11 is 5.91. The second-order valence-corrected chi connectivity index (χ2v) is 6.55. The minimum absolute atomic E-state index is 0.120. The molecule has 0 amide bonds. The maximum Gasteiger partial charge on any atom is 0.0772 e. The summed E-state index contributed by atoms with van der Waals surface area (Å²) in [5, 5.41) is 4.48. The highest BCUT2D eigenvalue weighted by molar-refractivity contribution is 6.30. The molecule has 0 radical (unpaired) electrons. The second-order valence-electron chi connectivity index (χ2n) is 6.11. The van der Waals surface area contributed by atoms with Gasteiger partial charge in [-0.25, -0.2) is 0 Å². The van der Waals surface area contributed by atoms with E-state index in [9.17, 15) is 0 Å². The minimum atomic E-state index is -0.120. The normalized spacial score (nSPS) is 24.9. The van der Waals surface area contributed by atoms with Crippen LogP contribution in [0, 0.1) is 0 Å². The molecule has 0 bridgehead atoms. The van der Waals surface area contributed by atoms with Gasteiger partial charge in [0.25, 0.3) is 0 Å². The molecule has 0 unspecified atom stereocenters. The van der Waals surface area contributed by atoms with E-state index in [2.05, 4.69) is 38.2 Å². The zero-order valence-electron chi connectivity index (χ0n) is 12.2. The van der Waals surface area contributed by atoms with Crippen molar-refractivity contribution in [3.63, 3.8) is 0 Å². The number of nitrogens with one attached hydrogen (secondary N) is 1. The predicted octanol–water partition coefficient (Wildman–Crippen LogP) is 3.99. The third-order valence-electron chi connectivity index (χ3n) is 4.53. The maximum atomic E-state index is 5.91. The summed E-state index contributed by atoms with van der Waals surface area (Å²) < 4.78 is 5.52. The molecule has 1 aromatic carbocycles. The Morgan fingerprint density at radius 2 is 1.84 bits per heavy atom. The molecule has 0 aliphatic heterocycles. The van der Waals surface area contributed by atoms with Crippen LogP contribution in [0.2, 0.25) is 5.02 Å². The zero-order valence-corrected chi connectivity index (χ0v) is 13.0. The zero-order chi connectivity index (χ0) is 14.0. The molecule has 1 aliphatic rings. The van der Waals surface area contributed by atoms with Crippen LogP contribution in [0.25, 0.3) is 0 Å². The Hall–Kier alpha value is -0.570. The van der Waals surface area contributed by atoms with Gasteiger partial charge in [-0.3, -0.25) is 0 Å². The first-order valence-electron chi connectivity index (χ1n) is 6.99. The van der Waals surface area contributed by atoms with Gasteiger partial charge in [-0.15, -0.1) is 0 Å². The molecule has 106 valence electrons. The van der Waals surface area contributed by atoms with Gasteiger partial charge in [0.05, 0.1) is 5.60 Å². The number of rotatable bonds is 5. The van der Waals surface area contributed by atoms with E-state index < -0.39 is 0 Å². The van der Waals surface area contributed by atoms with E-state index in [-0.39, 0.29) is 5.60 Å². The molecule has 0 saturated heterocycles. The van der Waals surface area contributed by atoms with Gasteiger partial charge in [-0.2, -0.15) is 0 Å². The van der Waals surface area contributed by atoms with Gasteiger partial charge in [0.2, 0.25) is 0 Å². The molecule has 1 fully saturated rings. The maximum absolute atomic E-state index is 5.91. The van der Waals surface area contributed by atoms with Gasteiger partial charge in [0.15, 0.2) is 0 Å². The highest BCUT2D eigenvalue weighted by atomic mass is 35.5. The summed E-state index contributed by atoms with van der Waals surface area (Å²) in [4.78, 5) is 0. The molecule has 0 heterocycles. The van der Waals surface area contributed by atoms with Crippen molar-refractivity contribution >= 4 is 11.6 Å². The predicted molar refractivity (Wildman–Crippen MR) is 80.9 cm³/mol. The van der Waals surface area contributed by atoms with Gasteiger partial charge in [-0.1, -0.05) is 23.7 Å². The Morgan fingerprint density at radius 3 is 2.37 bits per heavy atom. The van der Waals surface area contributed by atoms with E-state index >= 15 is 0 Å². The lowest BCUT2D eigenvalue weighted by atomic mass is 9.75. The summed E-state index contributed by atoms with van der Waals surface area (Å²) in [7, 11) is 1.77. The fourth-order valence-corrected chi connectivity index (χ4v) is 2.62. The summed E-state index contributed by atoms with van der Waals surface area (Å²) in [6.07, 6.45) is 2.40. The monoisotopic (exact) mass is 281 g/mol. The Balaban J connectivity index is 1.82. The van der Waals surface area contributed by atoms with Crippen LogP contribution in [-0.4, -0.2) is 24.8 Å². The molecule has 1 aromatic rings. The van der Waals surface area contributed by atoms with Gasteiger partial charge in [0, 0.05) is 24.2 Å². The number of hydrogen-bond acceptors (Lipinski definition) is 2. The van der Waals surface area contributed by atoms with E-state index in [0.29, 0.717) is 18.0 Å². The molecule has 0 aromatic heterocycles. The second kappa shape index (κ2) is 5.82.